The molecule has 2 aromatic rings. The molecule has 182 valence electrons. The van der Waals surface area contributed by atoms with E-state index in [2.05, 4.69) is 25.1 Å². The third kappa shape index (κ3) is 11.9. The van der Waals surface area contributed by atoms with Crippen LogP contribution < -0.4 is 4.74 Å². The summed E-state index contributed by atoms with van der Waals surface area (Å²) in [5.41, 5.74) is 2.40. The minimum atomic E-state index is -0.243. The number of rotatable bonds is 17. The quantitative estimate of drug-likeness (QED) is 0.113. The molecule has 33 heavy (non-hydrogen) atoms. The maximum absolute atomic E-state index is 12.4. The number of nitrogens with zero attached hydrogens (tertiary/aromatic N) is 1. The minimum absolute atomic E-state index is 0.0427. The van der Waals surface area contributed by atoms with Gasteiger partial charge >= 0.3 is 5.97 Å². The number of carbonyl (C=O) groups is 1. The Kier molecular flexibility index (Phi) is 12.6. The summed E-state index contributed by atoms with van der Waals surface area (Å²) in [7, 11) is 4.07. The summed E-state index contributed by atoms with van der Waals surface area (Å²) in [5.74, 6) is 0.579. The molecule has 0 heterocycles. The molecule has 0 radical (unpaired) electrons. The molecule has 2 aromatic carbocycles. The van der Waals surface area contributed by atoms with Crippen LogP contribution in [0.4, 0.5) is 0 Å². The van der Waals surface area contributed by atoms with Crippen molar-refractivity contribution >= 4 is 5.97 Å². The standard InChI is InChI=1S/C29H44NO3/c1-4-5-6-7-8-9-10-11-15-20-27-21-16-17-22-28(27)32-25-33-29(31)24-30(2,3)23-26-18-13-12-14-19-26/h12-14,16-19,21-22H,4-11,15,20,23-25H2,1-3H3/q+1. The molecule has 0 aliphatic heterocycles. The molecule has 0 aliphatic rings. The van der Waals surface area contributed by atoms with Crippen molar-refractivity contribution in [3.05, 3.63) is 65.7 Å². The Balaban J connectivity index is 1.66. The van der Waals surface area contributed by atoms with Crippen LogP contribution in [0.1, 0.15) is 75.8 Å². The third-order valence-electron chi connectivity index (χ3n) is 5.97. The van der Waals surface area contributed by atoms with E-state index in [4.69, 9.17) is 9.47 Å². The number of likely N-dealkylation sites (N-methyl/N-ethyl adjacent to an activating group) is 1. The lowest BCUT2D eigenvalue weighted by Crippen LogP contribution is -2.43. The van der Waals surface area contributed by atoms with Crippen LogP contribution in [0.25, 0.3) is 0 Å². The zero-order valence-corrected chi connectivity index (χ0v) is 21.1. The number of carbonyl (C=O) groups excluding carboxylic acids is 1. The van der Waals surface area contributed by atoms with Crippen LogP contribution in [0.15, 0.2) is 54.6 Å². The molecular weight excluding hydrogens is 410 g/mol. The van der Waals surface area contributed by atoms with Gasteiger partial charge in [-0.25, -0.2) is 4.79 Å². The topological polar surface area (TPSA) is 35.5 Å². The summed E-state index contributed by atoms with van der Waals surface area (Å²) in [6, 6.07) is 18.3. The van der Waals surface area contributed by atoms with E-state index in [0.29, 0.717) is 11.0 Å². The fraction of sp³-hybridized carbons (Fsp3) is 0.552. The SMILES string of the molecule is CCCCCCCCCCCc1ccccc1OCOC(=O)C[N+](C)(C)Cc1ccccc1. The monoisotopic (exact) mass is 454 g/mol. The van der Waals surface area contributed by atoms with Crippen molar-refractivity contribution < 1.29 is 18.8 Å². The van der Waals surface area contributed by atoms with Gasteiger partial charge in [-0.3, -0.25) is 0 Å². The lowest BCUT2D eigenvalue weighted by atomic mass is 10.0. The Morgan fingerprint density at radius 3 is 2.09 bits per heavy atom. The maximum Gasteiger partial charge on any atom is 0.364 e. The number of unbranched alkanes of at least 4 members (excludes halogenated alkanes) is 8. The van der Waals surface area contributed by atoms with Gasteiger partial charge in [-0.15, -0.1) is 0 Å². The maximum atomic E-state index is 12.4. The van der Waals surface area contributed by atoms with Crippen LogP contribution in [-0.2, 0) is 22.5 Å². The predicted octanol–water partition coefficient (Wildman–Crippen LogP) is 6.92. The lowest BCUT2D eigenvalue weighted by Gasteiger charge is -2.28. The lowest BCUT2D eigenvalue weighted by molar-refractivity contribution is -0.896. The van der Waals surface area contributed by atoms with Gasteiger partial charge in [-0.2, -0.15) is 0 Å². The van der Waals surface area contributed by atoms with Gasteiger partial charge < -0.3 is 14.0 Å². The van der Waals surface area contributed by atoms with Crippen LogP contribution in [0.2, 0.25) is 0 Å². The molecule has 0 spiro atoms. The van der Waals surface area contributed by atoms with Crippen LogP contribution in [-0.4, -0.2) is 37.9 Å². The highest BCUT2D eigenvalue weighted by atomic mass is 16.7. The van der Waals surface area contributed by atoms with Gasteiger partial charge in [0.25, 0.3) is 0 Å². The second-order valence-corrected chi connectivity index (χ2v) is 9.70. The molecule has 0 atom stereocenters. The van der Waals surface area contributed by atoms with Gasteiger partial charge in [-0.05, 0) is 24.5 Å². The Morgan fingerprint density at radius 1 is 0.788 bits per heavy atom. The highest BCUT2D eigenvalue weighted by Crippen LogP contribution is 2.21. The molecule has 4 heteroatoms. The molecule has 0 saturated heterocycles. The average Bonchev–Trinajstić information content (AvgIpc) is 2.79. The number of aryl methyl sites for hydroxylation is 1. The van der Waals surface area contributed by atoms with Crippen molar-refractivity contribution in [2.45, 2.75) is 77.7 Å². The molecule has 4 nitrogen and oxygen atoms in total. The van der Waals surface area contributed by atoms with Crippen molar-refractivity contribution in [2.75, 3.05) is 27.4 Å². The van der Waals surface area contributed by atoms with Crippen LogP contribution in [0.5, 0.6) is 5.75 Å². The van der Waals surface area contributed by atoms with Gasteiger partial charge in [0.15, 0.2) is 6.54 Å². The Hall–Kier alpha value is -2.33. The summed E-state index contributed by atoms with van der Waals surface area (Å²) < 4.78 is 11.8. The van der Waals surface area contributed by atoms with E-state index in [-0.39, 0.29) is 12.8 Å². The van der Waals surface area contributed by atoms with Gasteiger partial charge in [0.05, 0.1) is 14.1 Å². The molecule has 0 aromatic heterocycles. The largest absolute Gasteiger partial charge is 0.457 e. The molecule has 0 bridgehead atoms. The number of benzene rings is 2. The van der Waals surface area contributed by atoms with E-state index in [1.807, 2.05) is 50.5 Å². The van der Waals surface area contributed by atoms with Crippen molar-refractivity contribution in [2.24, 2.45) is 0 Å². The highest BCUT2D eigenvalue weighted by molar-refractivity contribution is 5.70. The van der Waals surface area contributed by atoms with Gasteiger partial charge in [0.1, 0.15) is 12.3 Å². The van der Waals surface area contributed by atoms with Gasteiger partial charge in [0.2, 0.25) is 6.79 Å². The number of hydrogen-bond acceptors (Lipinski definition) is 3. The molecule has 0 unspecified atom stereocenters. The first-order valence-electron chi connectivity index (χ1n) is 12.7. The van der Waals surface area contributed by atoms with Crippen LogP contribution in [0, 0.1) is 0 Å². The van der Waals surface area contributed by atoms with E-state index in [0.717, 1.165) is 18.7 Å². The number of hydrogen-bond donors (Lipinski definition) is 0. The molecule has 2 rings (SSSR count). The fourth-order valence-corrected chi connectivity index (χ4v) is 4.16. The molecule has 0 saturated carbocycles. The first kappa shape index (κ1) is 26.9. The van der Waals surface area contributed by atoms with E-state index in [1.54, 1.807) is 0 Å². The second-order valence-electron chi connectivity index (χ2n) is 9.70. The Bertz CT molecular complexity index is 788. The van der Waals surface area contributed by atoms with E-state index in [1.165, 1.54) is 68.9 Å². The summed E-state index contributed by atoms with van der Waals surface area (Å²) in [5, 5.41) is 0. The first-order chi connectivity index (χ1) is 16.0. The minimum Gasteiger partial charge on any atom is -0.457 e. The van der Waals surface area contributed by atoms with Crippen molar-refractivity contribution in [3.8, 4) is 5.75 Å². The molecular formula is C29H44NO3+. The van der Waals surface area contributed by atoms with Gasteiger partial charge in [0, 0.05) is 5.56 Å². The van der Waals surface area contributed by atoms with Gasteiger partial charge in [-0.1, -0.05) is 107 Å². The van der Waals surface area contributed by atoms with Crippen LogP contribution >= 0.6 is 0 Å². The number of esters is 1. The Morgan fingerprint density at radius 2 is 1.39 bits per heavy atom. The predicted molar refractivity (Wildman–Crippen MR) is 136 cm³/mol. The van der Waals surface area contributed by atoms with E-state index < -0.39 is 0 Å². The normalized spacial score (nSPS) is 11.4. The molecule has 0 N–H and O–H groups in total. The van der Waals surface area contributed by atoms with Crippen molar-refractivity contribution in [1.82, 2.24) is 0 Å². The zero-order chi connectivity index (χ0) is 23.8. The summed E-state index contributed by atoms with van der Waals surface area (Å²) in [6.07, 6.45) is 12.9. The number of ether oxygens (including phenoxy) is 2. The van der Waals surface area contributed by atoms with E-state index in [9.17, 15) is 4.79 Å². The summed E-state index contributed by atoms with van der Waals surface area (Å²) >= 11 is 0. The second kappa shape index (κ2) is 15.5. The number of para-hydroxylation sites is 1. The molecule has 0 amide bonds. The van der Waals surface area contributed by atoms with E-state index >= 15 is 0 Å². The number of quaternary nitrogens is 1. The first-order valence-corrected chi connectivity index (χ1v) is 12.7. The molecule has 0 fully saturated rings. The van der Waals surface area contributed by atoms with Crippen molar-refractivity contribution in [1.29, 1.82) is 0 Å². The fourth-order valence-electron chi connectivity index (χ4n) is 4.16. The van der Waals surface area contributed by atoms with Crippen LogP contribution in [0.3, 0.4) is 0 Å². The third-order valence-corrected chi connectivity index (χ3v) is 5.97. The summed E-state index contributed by atoms with van der Waals surface area (Å²) in [4.78, 5) is 12.4. The smallest absolute Gasteiger partial charge is 0.364 e. The average molecular weight is 455 g/mol. The summed E-state index contributed by atoms with van der Waals surface area (Å²) in [6.45, 7) is 3.30. The highest BCUT2D eigenvalue weighted by Gasteiger charge is 2.22. The zero-order valence-electron chi connectivity index (χ0n) is 21.1. The molecule has 0 aliphatic carbocycles. The Labute approximate surface area is 201 Å². The van der Waals surface area contributed by atoms with Crippen molar-refractivity contribution in [3.63, 3.8) is 0 Å².